The molecule has 0 aliphatic carbocycles. The summed E-state index contributed by atoms with van der Waals surface area (Å²) >= 11 is 0. The van der Waals surface area contributed by atoms with Crippen molar-refractivity contribution in [2.45, 2.75) is 25.4 Å². The van der Waals surface area contributed by atoms with Crippen molar-refractivity contribution in [2.75, 3.05) is 27.2 Å². The maximum Gasteiger partial charge on any atom is 0.122 e. The lowest BCUT2D eigenvalue weighted by Gasteiger charge is -2.35. The van der Waals surface area contributed by atoms with Crippen molar-refractivity contribution in [3.63, 3.8) is 0 Å². The van der Waals surface area contributed by atoms with Crippen molar-refractivity contribution in [3.05, 3.63) is 35.4 Å². The summed E-state index contributed by atoms with van der Waals surface area (Å²) in [6.45, 7) is 3.33. The van der Waals surface area contributed by atoms with Gasteiger partial charge in [-0.1, -0.05) is 24.3 Å². The Kier molecular flexibility index (Phi) is 4.56. The number of nitrogens with zero attached hydrogens (tertiary/aromatic N) is 2. The Bertz CT molecular complexity index is 416. The fourth-order valence-corrected chi connectivity index (χ4v) is 2.64. The number of piperidine rings is 1. The van der Waals surface area contributed by atoms with E-state index in [1.807, 2.05) is 12.1 Å². The highest BCUT2D eigenvalue weighted by Crippen LogP contribution is 2.16. The molecule has 1 aliphatic rings. The molecule has 2 rings (SSSR count). The Hall–Kier alpha value is -1.39. The van der Waals surface area contributed by atoms with Gasteiger partial charge < -0.3 is 10.6 Å². The van der Waals surface area contributed by atoms with Crippen LogP contribution in [0, 0.1) is 5.41 Å². The molecule has 1 fully saturated rings. The average Bonchev–Trinajstić information content (AvgIpc) is 2.40. The Labute approximate surface area is 115 Å². The zero-order valence-electron chi connectivity index (χ0n) is 11.9. The van der Waals surface area contributed by atoms with Crippen LogP contribution < -0.4 is 5.73 Å². The summed E-state index contributed by atoms with van der Waals surface area (Å²) in [6, 6.07) is 8.76. The fourth-order valence-electron chi connectivity index (χ4n) is 2.64. The molecule has 1 aromatic carbocycles. The molecule has 104 valence electrons. The molecule has 1 aliphatic heterocycles. The number of amidine groups is 1. The molecule has 0 spiro atoms. The van der Waals surface area contributed by atoms with Gasteiger partial charge in [0.15, 0.2) is 0 Å². The van der Waals surface area contributed by atoms with Crippen LogP contribution in [0.1, 0.15) is 24.0 Å². The smallest absolute Gasteiger partial charge is 0.122 e. The standard InChI is InChI=1S/C15H24N4/c1-18(2)14-7-9-19(10-8-14)11-12-3-5-13(6-4-12)15(16)17/h3-6,14H,7-11H2,1-2H3,(H3,16,17). The van der Waals surface area contributed by atoms with Crippen molar-refractivity contribution in [1.29, 1.82) is 5.41 Å². The maximum atomic E-state index is 7.38. The second-order valence-electron chi connectivity index (χ2n) is 5.58. The molecule has 4 nitrogen and oxygen atoms in total. The largest absolute Gasteiger partial charge is 0.384 e. The van der Waals surface area contributed by atoms with Crippen LogP contribution in [-0.2, 0) is 6.54 Å². The van der Waals surface area contributed by atoms with Gasteiger partial charge in [0, 0.05) is 18.2 Å². The topological polar surface area (TPSA) is 56.4 Å². The molecule has 1 heterocycles. The summed E-state index contributed by atoms with van der Waals surface area (Å²) in [5, 5.41) is 7.38. The lowest BCUT2D eigenvalue weighted by Crippen LogP contribution is -2.41. The van der Waals surface area contributed by atoms with E-state index < -0.39 is 0 Å². The number of hydrogen-bond donors (Lipinski definition) is 2. The van der Waals surface area contributed by atoms with E-state index in [2.05, 4.69) is 36.0 Å². The molecule has 0 saturated carbocycles. The van der Waals surface area contributed by atoms with Crippen LogP contribution in [0.3, 0.4) is 0 Å². The fraction of sp³-hybridized carbons (Fsp3) is 0.533. The van der Waals surface area contributed by atoms with E-state index in [4.69, 9.17) is 11.1 Å². The van der Waals surface area contributed by atoms with E-state index in [0.29, 0.717) is 0 Å². The van der Waals surface area contributed by atoms with Gasteiger partial charge >= 0.3 is 0 Å². The van der Waals surface area contributed by atoms with Gasteiger partial charge in [0.25, 0.3) is 0 Å². The summed E-state index contributed by atoms with van der Waals surface area (Å²) in [6.07, 6.45) is 2.50. The summed E-state index contributed by atoms with van der Waals surface area (Å²) in [7, 11) is 4.33. The first-order valence-corrected chi connectivity index (χ1v) is 6.88. The molecule has 1 aromatic rings. The van der Waals surface area contributed by atoms with Crippen molar-refractivity contribution in [2.24, 2.45) is 5.73 Å². The Morgan fingerprint density at radius 3 is 2.32 bits per heavy atom. The molecular weight excluding hydrogens is 236 g/mol. The SMILES string of the molecule is CN(C)C1CCN(Cc2ccc(C(=N)N)cc2)CC1. The molecule has 1 saturated heterocycles. The lowest BCUT2D eigenvalue weighted by atomic mass is 10.0. The van der Waals surface area contributed by atoms with E-state index >= 15 is 0 Å². The van der Waals surface area contributed by atoms with E-state index in [1.54, 1.807) is 0 Å². The number of likely N-dealkylation sites (tertiary alicyclic amines) is 1. The molecule has 0 unspecified atom stereocenters. The molecule has 0 aromatic heterocycles. The van der Waals surface area contributed by atoms with Gasteiger partial charge in [-0.2, -0.15) is 0 Å². The van der Waals surface area contributed by atoms with Gasteiger partial charge in [0.05, 0.1) is 0 Å². The molecule has 0 radical (unpaired) electrons. The van der Waals surface area contributed by atoms with Crippen LogP contribution in [-0.4, -0.2) is 48.9 Å². The molecule has 3 N–H and O–H groups in total. The number of nitrogens with one attached hydrogen (secondary N) is 1. The van der Waals surface area contributed by atoms with Crippen molar-refractivity contribution < 1.29 is 0 Å². The highest BCUT2D eigenvalue weighted by Gasteiger charge is 2.20. The van der Waals surface area contributed by atoms with Gasteiger partial charge in [-0.25, -0.2) is 0 Å². The molecule has 4 heteroatoms. The zero-order chi connectivity index (χ0) is 13.8. The first-order valence-electron chi connectivity index (χ1n) is 6.88. The third-order valence-corrected chi connectivity index (χ3v) is 3.96. The van der Waals surface area contributed by atoms with Gasteiger partial charge in [-0.3, -0.25) is 10.3 Å². The van der Waals surface area contributed by atoms with Gasteiger partial charge in [0.2, 0.25) is 0 Å². The predicted octanol–water partition coefficient (Wildman–Crippen LogP) is 1.50. The van der Waals surface area contributed by atoms with Gasteiger partial charge in [-0.15, -0.1) is 0 Å². The van der Waals surface area contributed by atoms with Crippen LogP contribution >= 0.6 is 0 Å². The maximum absolute atomic E-state index is 7.38. The van der Waals surface area contributed by atoms with Crippen molar-refractivity contribution >= 4 is 5.84 Å². The highest BCUT2D eigenvalue weighted by molar-refractivity contribution is 5.94. The van der Waals surface area contributed by atoms with Crippen molar-refractivity contribution in [3.8, 4) is 0 Å². The van der Waals surface area contributed by atoms with Crippen LogP contribution in [0.2, 0.25) is 0 Å². The van der Waals surface area contributed by atoms with Crippen LogP contribution in [0.25, 0.3) is 0 Å². The lowest BCUT2D eigenvalue weighted by molar-refractivity contribution is 0.140. The summed E-state index contributed by atoms with van der Waals surface area (Å²) < 4.78 is 0. The minimum Gasteiger partial charge on any atom is -0.384 e. The van der Waals surface area contributed by atoms with Crippen LogP contribution in [0.5, 0.6) is 0 Å². The molecular formula is C15H24N4. The second kappa shape index (κ2) is 6.17. The van der Waals surface area contributed by atoms with E-state index in [9.17, 15) is 0 Å². The summed E-state index contributed by atoms with van der Waals surface area (Å²) in [4.78, 5) is 4.84. The molecule has 0 bridgehead atoms. The minimum atomic E-state index is 0.137. The first kappa shape index (κ1) is 14.0. The molecule has 19 heavy (non-hydrogen) atoms. The molecule has 0 atom stereocenters. The highest BCUT2D eigenvalue weighted by atomic mass is 15.2. The Morgan fingerprint density at radius 1 is 1.26 bits per heavy atom. The monoisotopic (exact) mass is 260 g/mol. The van der Waals surface area contributed by atoms with Crippen LogP contribution in [0.4, 0.5) is 0 Å². The van der Waals surface area contributed by atoms with E-state index in [0.717, 1.165) is 31.2 Å². The Balaban J connectivity index is 1.87. The van der Waals surface area contributed by atoms with E-state index in [1.165, 1.54) is 18.4 Å². The Morgan fingerprint density at radius 2 is 1.84 bits per heavy atom. The number of nitrogen functional groups attached to an aromatic ring is 1. The number of rotatable bonds is 4. The van der Waals surface area contributed by atoms with Gasteiger partial charge in [-0.05, 0) is 45.6 Å². The number of benzene rings is 1. The molecule has 0 amide bonds. The summed E-state index contributed by atoms with van der Waals surface area (Å²) in [5.41, 5.74) is 7.56. The van der Waals surface area contributed by atoms with Gasteiger partial charge in [0.1, 0.15) is 5.84 Å². The first-order chi connectivity index (χ1) is 9.06. The third-order valence-electron chi connectivity index (χ3n) is 3.96. The quantitative estimate of drug-likeness (QED) is 0.637. The number of hydrogen-bond acceptors (Lipinski definition) is 3. The van der Waals surface area contributed by atoms with Crippen molar-refractivity contribution in [1.82, 2.24) is 9.80 Å². The van der Waals surface area contributed by atoms with E-state index in [-0.39, 0.29) is 5.84 Å². The number of nitrogens with two attached hydrogens (primary N) is 1. The van der Waals surface area contributed by atoms with Crippen LogP contribution in [0.15, 0.2) is 24.3 Å². The predicted molar refractivity (Wildman–Crippen MR) is 79.4 cm³/mol. The second-order valence-corrected chi connectivity index (χ2v) is 5.58. The summed E-state index contributed by atoms with van der Waals surface area (Å²) in [5.74, 6) is 0.137. The zero-order valence-corrected chi connectivity index (χ0v) is 11.9. The normalized spacial score (nSPS) is 17.8. The third kappa shape index (κ3) is 3.78. The minimum absolute atomic E-state index is 0.137. The average molecular weight is 260 g/mol.